The van der Waals surface area contributed by atoms with Gasteiger partial charge in [-0.2, -0.15) is 0 Å². The summed E-state index contributed by atoms with van der Waals surface area (Å²) in [5.41, 5.74) is 0.976. The number of benzene rings is 2. The lowest BCUT2D eigenvalue weighted by atomic mass is 9.97. The summed E-state index contributed by atoms with van der Waals surface area (Å²) in [6.07, 6.45) is -0.933. The van der Waals surface area contributed by atoms with Gasteiger partial charge in [-0.1, -0.05) is 11.6 Å². The Morgan fingerprint density at radius 2 is 1.88 bits per heavy atom. The van der Waals surface area contributed by atoms with E-state index in [-0.39, 0.29) is 23.8 Å². The van der Waals surface area contributed by atoms with Gasteiger partial charge in [0.25, 0.3) is 0 Å². The van der Waals surface area contributed by atoms with Gasteiger partial charge < -0.3 is 24.3 Å². The largest absolute Gasteiger partial charge is 0.493 e. The number of amides is 1. The molecule has 0 radical (unpaired) electrons. The third kappa shape index (κ3) is 3.15. The van der Waals surface area contributed by atoms with Gasteiger partial charge in [0.2, 0.25) is 11.7 Å². The van der Waals surface area contributed by atoms with Gasteiger partial charge in [-0.15, -0.1) is 0 Å². The molecule has 1 amide bonds. The summed E-state index contributed by atoms with van der Waals surface area (Å²) < 4.78 is 36.4. The topological polar surface area (TPSA) is 66.0 Å². The van der Waals surface area contributed by atoms with E-state index in [4.69, 9.17) is 30.5 Å². The molecule has 1 aliphatic heterocycles. The average Bonchev–Trinajstić information content (AvgIpc) is 2.80. The molecule has 2 aromatic carbocycles. The summed E-state index contributed by atoms with van der Waals surface area (Å²) in [4.78, 5) is 12.1. The van der Waals surface area contributed by atoms with E-state index in [2.05, 4.69) is 5.32 Å². The lowest BCUT2D eigenvalue weighted by Gasteiger charge is -2.23. The van der Waals surface area contributed by atoms with E-state index in [9.17, 15) is 9.18 Å². The summed E-state index contributed by atoms with van der Waals surface area (Å²) in [6, 6.07) is 5.72. The fourth-order valence-electron chi connectivity index (χ4n) is 2.93. The van der Waals surface area contributed by atoms with Crippen LogP contribution < -0.4 is 19.5 Å². The summed E-state index contributed by atoms with van der Waals surface area (Å²) >= 11 is 6.03. The Morgan fingerprint density at radius 1 is 1.15 bits per heavy atom. The Bertz CT molecular complexity index is 858. The average molecular weight is 382 g/mol. The van der Waals surface area contributed by atoms with Crippen LogP contribution in [0.3, 0.4) is 0 Å². The molecule has 1 N–H and O–H groups in total. The first-order chi connectivity index (χ1) is 12.5. The molecule has 0 saturated heterocycles. The zero-order valence-corrected chi connectivity index (χ0v) is 15.1. The number of carbonyl (C=O) groups is 1. The molecule has 0 spiro atoms. The minimum absolute atomic E-state index is 0.181. The predicted octanol–water partition coefficient (Wildman–Crippen LogP) is 3.56. The Morgan fingerprint density at radius 3 is 2.54 bits per heavy atom. The van der Waals surface area contributed by atoms with Crippen LogP contribution in [0.25, 0.3) is 0 Å². The normalized spacial score (nSPS) is 16.3. The summed E-state index contributed by atoms with van der Waals surface area (Å²) in [5.74, 6) is 0.0342. The van der Waals surface area contributed by atoms with Crippen molar-refractivity contribution in [3.63, 3.8) is 0 Å². The number of nitrogens with one attached hydrogen (secondary N) is 1. The van der Waals surface area contributed by atoms with Crippen LogP contribution in [-0.2, 0) is 9.53 Å². The monoisotopic (exact) mass is 381 g/mol. The van der Waals surface area contributed by atoms with Gasteiger partial charge in [-0.25, -0.2) is 4.39 Å². The molecular formula is C18H17ClFNO5. The maximum atomic E-state index is 14.5. The molecule has 8 heteroatoms. The van der Waals surface area contributed by atoms with Crippen LogP contribution in [0, 0.1) is 5.82 Å². The molecule has 1 heterocycles. The van der Waals surface area contributed by atoms with Gasteiger partial charge in [-0.3, -0.25) is 4.79 Å². The molecule has 0 fully saturated rings. The number of hydrogen-bond donors (Lipinski definition) is 1. The van der Waals surface area contributed by atoms with Gasteiger partial charge in [0, 0.05) is 16.7 Å². The summed E-state index contributed by atoms with van der Waals surface area (Å²) in [7, 11) is 4.36. The van der Waals surface area contributed by atoms with E-state index < -0.39 is 11.9 Å². The lowest BCUT2D eigenvalue weighted by Crippen LogP contribution is -2.15. The van der Waals surface area contributed by atoms with E-state index in [1.807, 2.05) is 0 Å². The highest BCUT2D eigenvalue weighted by atomic mass is 35.5. The van der Waals surface area contributed by atoms with Crippen molar-refractivity contribution in [1.29, 1.82) is 0 Å². The number of carbonyl (C=O) groups excluding carboxylic acids is 1. The molecule has 1 atom stereocenters. The Hall–Kier alpha value is -2.51. The molecule has 6 nitrogen and oxygen atoms in total. The standard InChI is InChI=1S/C18H17ClFNO5/c1-23-13-7-12-15(18(25-3)17(13)24-2)16(26-8-14(22)21-12)10-6-9(19)4-5-11(10)20/h4-7,16H,8H2,1-3H3,(H,21,22). The van der Waals surface area contributed by atoms with Crippen molar-refractivity contribution in [2.45, 2.75) is 6.10 Å². The lowest BCUT2D eigenvalue weighted by molar-refractivity contribution is -0.121. The third-order valence-corrected chi connectivity index (χ3v) is 4.26. The molecule has 26 heavy (non-hydrogen) atoms. The van der Waals surface area contributed by atoms with E-state index >= 15 is 0 Å². The molecule has 2 aromatic rings. The van der Waals surface area contributed by atoms with Crippen molar-refractivity contribution in [3.05, 3.63) is 46.2 Å². The van der Waals surface area contributed by atoms with E-state index in [1.54, 1.807) is 6.07 Å². The van der Waals surface area contributed by atoms with E-state index in [1.165, 1.54) is 39.5 Å². The smallest absolute Gasteiger partial charge is 0.250 e. The number of hydrogen-bond acceptors (Lipinski definition) is 5. The quantitative estimate of drug-likeness (QED) is 0.877. The first-order valence-electron chi connectivity index (χ1n) is 7.69. The number of halogens is 2. The van der Waals surface area contributed by atoms with Crippen LogP contribution >= 0.6 is 11.6 Å². The van der Waals surface area contributed by atoms with Gasteiger partial charge in [0.15, 0.2) is 11.5 Å². The zero-order valence-electron chi connectivity index (χ0n) is 14.4. The van der Waals surface area contributed by atoms with Crippen LogP contribution in [0.1, 0.15) is 17.2 Å². The van der Waals surface area contributed by atoms with Crippen molar-refractivity contribution in [1.82, 2.24) is 0 Å². The van der Waals surface area contributed by atoms with Crippen LogP contribution in [0.15, 0.2) is 24.3 Å². The van der Waals surface area contributed by atoms with Crippen molar-refractivity contribution >= 4 is 23.2 Å². The van der Waals surface area contributed by atoms with Gasteiger partial charge in [0.05, 0.1) is 32.6 Å². The summed E-state index contributed by atoms with van der Waals surface area (Å²) in [6.45, 7) is -0.265. The fraction of sp³-hybridized carbons (Fsp3) is 0.278. The molecule has 1 unspecified atom stereocenters. The molecule has 138 valence electrons. The number of methoxy groups -OCH3 is 3. The van der Waals surface area contributed by atoms with Crippen molar-refractivity contribution in [2.75, 3.05) is 33.3 Å². The third-order valence-electron chi connectivity index (χ3n) is 4.03. The Labute approximate surface area is 154 Å². The van der Waals surface area contributed by atoms with Gasteiger partial charge >= 0.3 is 0 Å². The highest BCUT2D eigenvalue weighted by Gasteiger charge is 2.33. The Balaban J connectivity index is 2.31. The second-order valence-electron chi connectivity index (χ2n) is 5.51. The van der Waals surface area contributed by atoms with Gasteiger partial charge in [-0.05, 0) is 18.2 Å². The molecule has 0 aliphatic carbocycles. The molecule has 0 bridgehead atoms. The van der Waals surface area contributed by atoms with Crippen LogP contribution in [0.2, 0.25) is 5.02 Å². The zero-order chi connectivity index (χ0) is 18.8. The van der Waals surface area contributed by atoms with Gasteiger partial charge in [0.1, 0.15) is 18.5 Å². The number of rotatable bonds is 4. The second-order valence-corrected chi connectivity index (χ2v) is 5.95. The maximum Gasteiger partial charge on any atom is 0.250 e. The first kappa shape index (κ1) is 18.3. The molecule has 3 rings (SSSR count). The second kappa shape index (κ2) is 7.39. The van der Waals surface area contributed by atoms with Crippen LogP contribution in [-0.4, -0.2) is 33.8 Å². The van der Waals surface area contributed by atoms with E-state index in [0.29, 0.717) is 27.8 Å². The van der Waals surface area contributed by atoms with Crippen LogP contribution in [0.4, 0.5) is 10.1 Å². The molecule has 0 saturated carbocycles. The number of anilines is 1. The van der Waals surface area contributed by atoms with Crippen molar-refractivity contribution in [3.8, 4) is 17.2 Å². The highest BCUT2D eigenvalue weighted by molar-refractivity contribution is 6.30. The summed E-state index contributed by atoms with van der Waals surface area (Å²) in [5, 5.41) is 3.06. The number of ether oxygens (including phenoxy) is 4. The van der Waals surface area contributed by atoms with Crippen molar-refractivity contribution in [2.24, 2.45) is 0 Å². The maximum absolute atomic E-state index is 14.5. The SMILES string of the molecule is COc1cc2c(c(OC)c1OC)C(c1cc(Cl)ccc1F)OCC(=O)N2. The highest BCUT2D eigenvalue weighted by Crippen LogP contribution is 2.50. The fourth-order valence-corrected chi connectivity index (χ4v) is 3.11. The van der Waals surface area contributed by atoms with Crippen molar-refractivity contribution < 1.29 is 28.1 Å². The van der Waals surface area contributed by atoms with Crippen LogP contribution in [0.5, 0.6) is 17.2 Å². The molecular weight excluding hydrogens is 365 g/mol. The molecule has 0 aromatic heterocycles. The van der Waals surface area contributed by atoms with E-state index in [0.717, 1.165) is 0 Å². The Kier molecular flexibility index (Phi) is 5.20. The molecule has 1 aliphatic rings. The first-order valence-corrected chi connectivity index (χ1v) is 8.07. The minimum atomic E-state index is -0.933. The minimum Gasteiger partial charge on any atom is -0.493 e. The predicted molar refractivity (Wildman–Crippen MR) is 93.9 cm³/mol. The number of fused-ring (bicyclic) bond motifs is 1.